The van der Waals surface area contributed by atoms with E-state index < -0.39 is 29.9 Å². The van der Waals surface area contributed by atoms with Gasteiger partial charge in [-0.2, -0.15) is 0 Å². The van der Waals surface area contributed by atoms with Crippen molar-refractivity contribution in [1.29, 1.82) is 0 Å². The van der Waals surface area contributed by atoms with Gasteiger partial charge in [0.2, 0.25) is 0 Å². The number of nitrogens with zero attached hydrogens (tertiary/aromatic N) is 1. The molecule has 0 aliphatic carbocycles. The number of ether oxygens (including phenoxy) is 3. The first-order valence-corrected chi connectivity index (χ1v) is 11.3. The fourth-order valence-corrected chi connectivity index (χ4v) is 3.35. The van der Waals surface area contributed by atoms with Crippen molar-refractivity contribution in [1.82, 2.24) is 10.2 Å². The van der Waals surface area contributed by atoms with Gasteiger partial charge in [-0.15, -0.1) is 6.58 Å². The number of rotatable bonds is 11. The van der Waals surface area contributed by atoms with E-state index in [1.807, 2.05) is 42.5 Å². The Hall–Kier alpha value is -3.81. The molecule has 0 spiro atoms. The number of carbonyl (C=O) groups excluding carboxylic acids is 3. The molecule has 2 aromatic rings. The van der Waals surface area contributed by atoms with Gasteiger partial charge in [0.15, 0.2) is 0 Å². The number of hydrogen-bond donors (Lipinski definition) is 1. The molecule has 0 fully saturated rings. The number of aldehydes is 1. The lowest BCUT2D eigenvalue weighted by Gasteiger charge is -2.34. The summed E-state index contributed by atoms with van der Waals surface area (Å²) in [4.78, 5) is 39.2. The SMILES string of the molecule is C=CC[C@@H]([C@H](C=O)NC(=O)OC(C)(C)C)N(Cc1ccc(OC)cc1)C(=O)OCc1ccccc1. The fourth-order valence-electron chi connectivity index (χ4n) is 3.35. The molecule has 188 valence electrons. The molecule has 0 aliphatic rings. The zero-order chi connectivity index (χ0) is 25.8. The van der Waals surface area contributed by atoms with Gasteiger partial charge in [-0.1, -0.05) is 48.5 Å². The summed E-state index contributed by atoms with van der Waals surface area (Å²) < 4.78 is 16.1. The number of hydrogen-bond acceptors (Lipinski definition) is 6. The van der Waals surface area contributed by atoms with Crippen molar-refractivity contribution < 1.29 is 28.6 Å². The molecule has 2 amide bonds. The Morgan fingerprint density at radius 3 is 2.26 bits per heavy atom. The van der Waals surface area contributed by atoms with E-state index in [2.05, 4.69) is 11.9 Å². The Kier molecular flexibility index (Phi) is 10.3. The third-order valence-corrected chi connectivity index (χ3v) is 5.00. The average Bonchev–Trinajstić information content (AvgIpc) is 2.83. The molecule has 0 bridgehead atoms. The highest BCUT2D eigenvalue weighted by molar-refractivity contribution is 5.75. The molecule has 0 aromatic heterocycles. The number of amides is 2. The van der Waals surface area contributed by atoms with Gasteiger partial charge in [-0.3, -0.25) is 4.90 Å². The van der Waals surface area contributed by atoms with Crippen LogP contribution in [0.1, 0.15) is 38.3 Å². The summed E-state index contributed by atoms with van der Waals surface area (Å²) in [5.41, 5.74) is 0.867. The second-order valence-electron chi connectivity index (χ2n) is 8.92. The van der Waals surface area contributed by atoms with Crippen LogP contribution in [0.5, 0.6) is 5.75 Å². The average molecular weight is 483 g/mol. The van der Waals surface area contributed by atoms with E-state index in [0.29, 0.717) is 12.0 Å². The minimum absolute atomic E-state index is 0.0604. The number of benzene rings is 2. The van der Waals surface area contributed by atoms with Crippen molar-refractivity contribution in [2.75, 3.05) is 7.11 Å². The monoisotopic (exact) mass is 482 g/mol. The maximum Gasteiger partial charge on any atom is 0.410 e. The maximum absolute atomic E-state index is 13.3. The molecular formula is C27H34N2O6. The minimum atomic E-state index is -1.05. The fraction of sp³-hybridized carbons (Fsp3) is 0.370. The summed E-state index contributed by atoms with van der Waals surface area (Å²) in [5, 5.41) is 2.57. The molecule has 0 radical (unpaired) electrons. The van der Waals surface area contributed by atoms with Gasteiger partial charge >= 0.3 is 12.2 Å². The molecule has 2 rings (SSSR count). The van der Waals surface area contributed by atoms with E-state index in [1.54, 1.807) is 46.1 Å². The predicted molar refractivity (Wildman–Crippen MR) is 133 cm³/mol. The van der Waals surface area contributed by atoms with Crippen molar-refractivity contribution in [3.8, 4) is 5.75 Å². The van der Waals surface area contributed by atoms with Crippen molar-refractivity contribution in [2.45, 2.75) is 58.0 Å². The summed E-state index contributed by atoms with van der Waals surface area (Å²) in [7, 11) is 1.57. The summed E-state index contributed by atoms with van der Waals surface area (Å²) in [6.45, 7) is 9.13. The van der Waals surface area contributed by atoms with Crippen LogP contribution < -0.4 is 10.1 Å². The summed E-state index contributed by atoms with van der Waals surface area (Å²) in [6.07, 6.45) is 1.02. The lowest BCUT2D eigenvalue weighted by atomic mass is 10.0. The minimum Gasteiger partial charge on any atom is -0.497 e. The van der Waals surface area contributed by atoms with E-state index in [4.69, 9.17) is 14.2 Å². The molecule has 35 heavy (non-hydrogen) atoms. The van der Waals surface area contributed by atoms with Crippen LogP contribution in [0.25, 0.3) is 0 Å². The van der Waals surface area contributed by atoms with Crippen molar-refractivity contribution in [3.63, 3.8) is 0 Å². The van der Waals surface area contributed by atoms with Gasteiger partial charge in [-0.05, 0) is 50.5 Å². The van der Waals surface area contributed by atoms with Gasteiger partial charge in [0.1, 0.15) is 30.3 Å². The molecule has 8 heteroatoms. The van der Waals surface area contributed by atoms with Gasteiger partial charge in [-0.25, -0.2) is 9.59 Å². The Bertz CT molecular complexity index is 969. The smallest absolute Gasteiger partial charge is 0.410 e. The van der Waals surface area contributed by atoms with E-state index >= 15 is 0 Å². The van der Waals surface area contributed by atoms with E-state index in [1.165, 1.54) is 4.90 Å². The van der Waals surface area contributed by atoms with Crippen LogP contribution >= 0.6 is 0 Å². The zero-order valence-corrected chi connectivity index (χ0v) is 20.7. The van der Waals surface area contributed by atoms with Gasteiger partial charge in [0.25, 0.3) is 0 Å². The highest BCUT2D eigenvalue weighted by atomic mass is 16.6. The van der Waals surface area contributed by atoms with Gasteiger partial charge in [0.05, 0.1) is 13.2 Å². The maximum atomic E-state index is 13.3. The molecule has 0 aliphatic heterocycles. The number of alkyl carbamates (subject to hydrolysis) is 1. The quantitative estimate of drug-likeness (QED) is 0.363. The second kappa shape index (κ2) is 13.2. The first kappa shape index (κ1) is 27.4. The molecule has 0 heterocycles. The van der Waals surface area contributed by atoms with Crippen LogP contribution in [0.15, 0.2) is 67.3 Å². The van der Waals surface area contributed by atoms with E-state index in [-0.39, 0.29) is 19.6 Å². The molecule has 0 saturated heterocycles. The van der Waals surface area contributed by atoms with Crippen molar-refractivity contribution in [3.05, 3.63) is 78.4 Å². The van der Waals surface area contributed by atoms with Crippen LogP contribution in [0.4, 0.5) is 9.59 Å². The first-order chi connectivity index (χ1) is 16.7. The molecule has 0 unspecified atom stereocenters. The molecular weight excluding hydrogens is 448 g/mol. The highest BCUT2D eigenvalue weighted by Gasteiger charge is 2.33. The van der Waals surface area contributed by atoms with Gasteiger partial charge < -0.3 is 24.3 Å². The lowest BCUT2D eigenvalue weighted by molar-refractivity contribution is -0.111. The Morgan fingerprint density at radius 1 is 1.06 bits per heavy atom. The summed E-state index contributed by atoms with van der Waals surface area (Å²) in [6, 6.07) is 14.7. The number of methoxy groups -OCH3 is 1. The van der Waals surface area contributed by atoms with Crippen LogP contribution in [0, 0.1) is 0 Å². The third-order valence-electron chi connectivity index (χ3n) is 5.00. The lowest BCUT2D eigenvalue weighted by Crippen LogP contribution is -2.54. The first-order valence-electron chi connectivity index (χ1n) is 11.3. The highest BCUT2D eigenvalue weighted by Crippen LogP contribution is 2.19. The molecule has 2 atom stereocenters. The van der Waals surface area contributed by atoms with Crippen molar-refractivity contribution in [2.24, 2.45) is 0 Å². The topological polar surface area (TPSA) is 94.2 Å². The molecule has 8 nitrogen and oxygen atoms in total. The largest absolute Gasteiger partial charge is 0.497 e. The summed E-state index contributed by atoms with van der Waals surface area (Å²) in [5.74, 6) is 0.673. The second-order valence-corrected chi connectivity index (χ2v) is 8.92. The Balaban J connectivity index is 2.31. The third kappa shape index (κ3) is 9.16. The molecule has 0 saturated carbocycles. The molecule has 2 aromatic carbocycles. The van der Waals surface area contributed by atoms with E-state index in [9.17, 15) is 14.4 Å². The number of carbonyl (C=O) groups is 3. The predicted octanol–water partition coefficient (Wildman–Crippen LogP) is 4.87. The van der Waals surface area contributed by atoms with E-state index in [0.717, 1.165) is 11.1 Å². The standard InChI is InChI=1S/C27H34N2O6/c1-6-10-24(23(18-30)28-25(31)35-27(2,3)4)29(17-20-13-15-22(33-5)16-14-20)26(32)34-19-21-11-8-7-9-12-21/h6-9,11-16,18,23-24H,1,10,17,19H2,2-5H3,(H,28,31)/t23-,24-/m0/s1. The van der Waals surface area contributed by atoms with Crippen LogP contribution in [-0.4, -0.2) is 48.2 Å². The molecule has 1 N–H and O–H groups in total. The normalized spacial score (nSPS) is 12.6. The van der Waals surface area contributed by atoms with Crippen molar-refractivity contribution >= 4 is 18.5 Å². The zero-order valence-electron chi connectivity index (χ0n) is 20.7. The van der Waals surface area contributed by atoms with Crippen LogP contribution in [0.3, 0.4) is 0 Å². The van der Waals surface area contributed by atoms with Crippen LogP contribution in [0.2, 0.25) is 0 Å². The Labute approximate surface area is 206 Å². The van der Waals surface area contributed by atoms with Gasteiger partial charge in [0, 0.05) is 6.54 Å². The summed E-state index contributed by atoms with van der Waals surface area (Å²) >= 11 is 0. The van der Waals surface area contributed by atoms with Crippen LogP contribution in [-0.2, 0) is 27.4 Å². The Morgan fingerprint density at radius 2 is 1.71 bits per heavy atom. The number of nitrogens with one attached hydrogen (secondary N) is 1.